The lowest BCUT2D eigenvalue weighted by Gasteiger charge is -2.36. The highest BCUT2D eigenvalue weighted by atomic mass is 16.5. The summed E-state index contributed by atoms with van der Waals surface area (Å²) in [6.45, 7) is 7.29. The number of aromatic nitrogens is 2. The van der Waals surface area contributed by atoms with Gasteiger partial charge < -0.3 is 15.2 Å². The maximum absolute atomic E-state index is 12.9. The van der Waals surface area contributed by atoms with Crippen molar-refractivity contribution in [1.82, 2.24) is 15.0 Å². The van der Waals surface area contributed by atoms with Crippen molar-refractivity contribution in [1.29, 1.82) is 0 Å². The zero-order valence-electron chi connectivity index (χ0n) is 18.0. The maximum atomic E-state index is 12.9. The van der Waals surface area contributed by atoms with Gasteiger partial charge in [-0.05, 0) is 63.9 Å². The van der Waals surface area contributed by atoms with Crippen molar-refractivity contribution in [2.75, 3.05) is 23.7 Å². The van der Waals surface area contributed by atoms with Gasteiger partial charge in [0.2, 0.25) is 11.8 Å². The molecule has 30 heavy (non-hydrogen) atoms. The number of carbonyl (C=O) groups excluding carboxylic acids is 2. The van der Waals surface area contributed by atoms with Crippen molar-refractivity contribution < 1.29 is 14.1 Å². The number of likely N-dealkylation sites (tertiary alicyclic amines) is 1. The summed E-state index contributed by atoms with van der Waals surface area (Å²) in [7, 11) is 0. The van der Waals surface area contributed by atoms with Crippen LogP contribution in [0.2, 0.25) is 0 Å². The van der Waals surface area contributed by atoms with Gasteiger partial charge in [-0.1, -0.05) is 24.9 Å². The molecule has 0 spiro atoms. The van der Waals surface area contributed by atoms with Gasteiger partial charge >= 0.3 is 0 Å². The first-order chi connectivity index (χ1) is 14.5. The van der Waals surface area contributed by atoms with Gasteiger partial charge in [0.05, 0.1) is 6.04 Å². The molecule has 8 nitrogen and oxygen atoms in total. The van der Waals surface area contributed by atoms with E-state index in [0.717, 1.165) is 37.7 Å². The Bertz CT molecular complexity index is 858. The Labute approximate surface area is 177 Å². The third-order valence-corrected chi connectivity index (χ3v) is 5.52. The summed E-state index contributed by atoms with van der Waals surface area (Å²) in [4.78, 5) is 31.9. The second-order valence-electron chi connectivity index (χ2n) is 7.99. The number of aryl methyl sites for hydroxylation is 2. The van der Waals surface area contributed by atoms with Crippen LogP contribution in [0.25, 0.3) is 0 Å². The third-order valence-electron chi connectivity index (χ3n) is 5.52. The van der Waals surface area contributed by atoms with Crippen LogP contribution in [0, 0.1) is 19.8 Å². The largest absolute Gasteiger partial charge is 0.360 e. The lowest BCUT2D eigenvalue weighted by Crippen LogP contribution is -2.49. The third kappa shape index (κ3) is 5.89. The Balaban J connectivity index is 1.56. The molecule has 1 unspecified atom stereocenters. The molecule has 0 aromatic carbocycles. The van der Waals surface area contributed by atoms with Crippen molar-refractivity contribution in [2.24, 2.45) is 5.92 Å². The zero-order valence-corrected chi connectivity index (χ0v) is 18.0. The van der Waals surface area contributed by atoms with Gasteiger partial charge in [0.1, 0.15) is 11.6 Å². The fourth-order valence-electron chi connectivity index (χ4n) is 3.82. The molecule has 0 bridgehead atoms. The van der Waals surface area contributed by atoms with E-state index in [9.17, 15) is 9.59 Å². The van der Waals surface area contributed by atoms with Gasteiger partial charge in [-0.15, -0.1) is 0 Å². The van der Waals surface area contributed by atoms with E-state index in [4.69, 9.17) is 4.52 Å². The lowest BCUT2D eigenvalue weighted by atomic mass is 9.93. The first kappa shape index (κ1) is 22.0. The Morgan fingerprint density at radius 1 is 1.20 bits per heavy atom. The molecule has 0 saturated carbocycles. The van der Waals surface area contributed by atoms with Crippen LogP contribution in [-0.4, -0.2) is 46.0 Å². The minimum Gasteiger partial charge on any atom is -0.360 e. The van der Waals surface area contributed by atoms with Crippen molar-refractivity contribution in [2.45, 2.75) is 58.9 Å². The van der Waals surface area contributed by atoms with Crippen LogP contribution in [0.4, 0.5) is 11.6 Å². The summed E-state index contributed by atoms with van der Waals surface area (Å²) in [5.41, 5.74) is 1.06. The molecule has 1 saturated heterocycles. The molecule has 2 amide bonds. The summed E-state index contributed by atoms with van der Waals surface area (Å²) in [5, 5.41) is 9.65. The molecule has 2 aromatic rings. The van der Waals surface area contributed by atoms with Gasteiger partial charge in [-0.2, -0.15) is 0 Å². The average molecular weight is 414 g/mol. The van der Waals surface area contributed by atoms with Crippen LogP contribution >= 0.6 is 0 Å². The molecule has 0 aliphatic carbocycles. The predicted octanol–water partition coefficient (Wildman–Crippen LogP) is 3.53. The fraction of sp³-hybridized carbons (Fsp3) is 0.545. The van der Waals surface area contributed by atoms with Crippen molar-refractivity contribution in [3.8, 4) is 0 Å². The minimum atomic E-state index is -0.232. The molecule has 2 N–H and O–H groups in total. The second kappa shape index (κ2) is 10.3. The van der Waals surface area contributed by atoms with Crippen molar-refractivity contribution >= 4 is 23.5 Å². The van der Waals surface area contributed by atoms with Gasteiger partial charge in [0, 0.05) is 18.2 Å². The summed E-state index contributed by atoms with van der Waals surface area (Å²) in [5.74, 6) is 1.55. The summed E-state index contributed by atoms with van der Waals surface area (Å²) >= 11 is 0. The van der Waals surface area contributed by atoms with Crippen LogP contribution in [-0.2, 0) is 9.59 Å². The second-order valence-corrected chi connectivity index (χ2v) is 7.99. The highest BCUT2D eigenvalue weighted by Gasteiger charge is 2.32. The van der Waals surface area contributed by atoms with Crippen molar-refractivity contribution in [3.63, 3.8) is 0 Å². The molecule has 1 aliphatic rings. The number of hydrogen-bond donors (Lipinski definition) is 2. The van der Waals surface area contributed by atoms with Crippen LogP contribution in [0.3, 0.4) is 0 Å². The van der Waals surface area contributed by atoms with Gasteiger partial charge in [-0.25, -0.2) is 4.98 Å². The molecule has 3 rings (SSSR count). The number of carbonyl (C=O) groups is 2. The highest BCUT2D eigenvalue weighted by Crippen LogP contribution is 2.23. The number of hydrogen-bond acceptors (Lipinski definition) is 6. The molecule has 0 radical (unpaired) electrons. The SMILES string of the molecule is CCCCC(C(=O)Nc1cc(C)on1)N1CCC(C(=O)Nc2cc(C)ccn2)CC1. The number of unbranched alkanes of at least 4 members (excludes halogenated alkanes) is 1. The monoisotopic (exact) mass is 413 g/mol. The van der Waals surface area contributed by atoms with E-state index in [2.05, 4.69) is 32.6 Å². The molecule has 2 aromatic heterocycles. The highest BCUT2D eigenvalue weighted by molar-refractivity contribution is 5.94. The minimum absolute atomic E-state index is 0.000354. The predicted molar refractivity (Wildman–Crippen MR) is 115 cm³/mol. The Hall–Kier alpha value is -2.74. The number of nitrogens with zero attached hydrogens (tertiary/aromatic N) is 3. The topological polar surface area (TPSA) is 100 Å². The van der Waals surface area contributed by atoms with Crippen LogP contribution in [0.5, 0.6) is 0 Å². The standard InChI is InChI=1S/C22H31N5O3/c1-4-5-6-18(22(29)25-20-14-16(3)30-26-20)27-11-8-17(9-12-27)21(28)24-19-13-15(2)7-10-23-19/h7,10,13-14,17-18H,4-6,8-9,11-12H2,1-3H3,(H,23,24,28)(H,25,26,29). The van der Waals surface area contributed by atoms with Crippen LogP contribution in [0.15, 0.2) is 28.9 Å². The van der Waals surface area contributed by atoms with E-state index in [1.54, 1.807) is 19.2 Å². The lowest BCUT2D eigenvalue weighted by molar-refractivity contribution is -0.124. The van der Waals surface area contributed by atoms with E-state index >= 15 is 0 Å². The van der Waals surface area contributed by atoms with E-state index in [0.29, 0.717) is 30.5 Å². The first-order valence-corrected chi connectivity index (χ1v) is 10.7. The van der Waals surface area contributed by atoms with E-state index < -0.39 is 0 Å². The van der Waals surface area contributed by atoms with E-state index in [-0.39, 0.29) is 23.8 Å². The molecule has 1 fully saturated rings. The molecule has 1 aliphatic heterocycles. The Kier molecular flexibility index (Phi) is 7.57. The Morgan fingerprint density at radius 2 is 1.97 bits per heavy atom. The number of pyridine rings is 1. The molecule has 1 atom stereocenters. The molecule has 3 heterocycles. The number of piperidine rings is 1. The number of amides is 2. The van der Waals surface area contributed by atoms with E-state index in [1.807, 2.05) is 19.1 Å². The molecular weight excluding hydrogens is 382 g/mol. The normalized spacial score (nSPS) is 16.2. The van der Waals surface area contributed by atoms with Crippen LogP contribution < -0.4 is 10.6 Å². The smallest absolute Gasteiger partial charge is 0.242 e. The number of nitrogens with one attached hydrogen (secondary N) is 2. The molecule has 8 heteroatoms. The van der Waals surface area contributed by atoms with Gasteiger partial charge in [-0.3, -0.25) is 14.5 Å². The zero-order chi connectivity index (χ0) is 21.5. The molecule has 162 valence electrons. The number of anilines is 2. The average Bonchev–Trinajstić information content (AvgIpc) is 3.13. The van der Waals surface area contributed by atoms with Gasteiger partial charge in [0.15, 0.2) is 5.82 Å². The summed E-state index contributed by atoms with van der Waals surface area (Å²) in [6, 6.07) is 5.24. The van der Waals surface area contributed by atoms with Crippen molar-refractivity contribution in [3.05, 3.63) is 35.7 Å². The van der Waals surface area contributed by atoms with E-state index in [1.165, 1.54) is 0 Å². The van der Waals surface area contributed by atoms with Gasteiger partial charge in [0.25, 0.3) is 0 Å². The quantitative estimate of drug-likeness (QED) is 0.687. The molecular formula is C22H31N5O3. The fourth-order valence-corrected chi connectivity index (χ4v) is 3.82. The maximum Gasteiger partial charge on any atom is 0.242 e. The Morgan fingerprint density at radius 3 is 2.60 bits per heavy atom. The first-order valence-electron chi connectivity index (χ1n) is 10.7. The summed E-state index contributed by atoms with van der Waals surface area (Å²) in [6.07, 6.45) is 5.90. The summed E-state index contributed by atoms with van der Waals surface area (Å²) < 4.78 is 5.04. The van der Waals surface area contributed by atoms with Crippen LogP contribution in [0.1, 0.15) is 50.4 Å². The number of rotatable bonds is 8.